The predicted octanol–water partition coefficient (Wildman–Crippen LogP) is 1.41. The zero-order valence-electron chi connectivity index (χ0n) is 10.3. The number of nitrogens with zero attached hydrogens (tertiary/aromatic N) is 2. The van der Waals surface area contributed by atoms with E-state index in [0.29, 0.717) is 6.54 Å². The molecule has 0 bridgehead atoms. The van der Waals surface area contributed by atoms with Crippen molar-refractivity contribution in [1.29, 1.82) is 0 Å². The van der Waals surface area contributed by atoms with Crippen molar-refractivity contribution in [2.24, 2.45) is 5.73 Å². The molecule has 1 saturated heterocycles. The Morgan fingerprint density at radius 3 is 2.53 bits per heavy atom. The topological polar surface area (TPSA) is 32.5 Å². The first-order valence-corrected chi connectivity index (χ1v) is 6.18. The van der Waals surface area contributed by atoms with Crippen molar-refractivity contribution in [3.05, 3.63) is 48.2 Å². The number of hydrogen-bond acceptors (Lipinski definition) is 3. The largest absolute Gasteiger partial charge is 0.375 e. The zero-order chi connectivity index (χ0) is 12.1. The molecule has 0 aliphatic carbocycles. The highest BCUT2D eigenvalue weighted by Crippen LogP contribution is 2.10. The smallest absolute Gasteiger partial charge is 0.0300 e. The van der Waals surface area contributed by atoms with Gasteiger partial charge in [-0.05, 0) is 17.3 Å². The average molecular weight is 231 g/mol. The minimum Gasteiger partial charge on any atom is -0.375 e. The summed E-state index contributed by atoms with van der Waals surface area (Å²) in [5.41, 5.74) is 8.23. The Labute approximate surface area is 104 Å². The number of nitrogens with two attached hydrogens (primary N) is 1. The number of benzene rings is 1. The Morgan fingerprint density at radius 1 is 1.18 bits per heavy atom. The van der Waals surface area contributed by atoms with Crippen LogP contribution in [0.2, 0.25) is 0 Å². The maximum absolute atomic E-state index is 5.66. The first-order valence-electron chi connectivity index (χ1n) is 6.18. The summed E-state index contributed by atoms with van der Waals surface area (Å²) in [5.74, 6) is 0. The van der Waals surface area contributed by atoms with E-state index in [4.69, 9.17) is 5.73 Å². The maximum atomic E-state index is 5.66. The van der Waals surface area contributed by atoms with Gasteiger partial charge in [-0.1, -0.05) is 30.8 Å². The molecule has 0 unspecified atom stereocenters. The third kappa shape index (κ3) is 3.32. The van der Waals surface area contributed by atoms with Crippen LogP contribution in [0.3, 0.4) is 0 Å². The van der Waals surface area contributed by atoms with E-state index >= 15 is 0 Å². The number of hydrogen-bond donors (Lipinski definition) is 1. The van der Waals surface area contributed by atoms with Gasteiger partial charge in [-0.25, -0.2) is 0 Å². The fourth-order valence-electron chi connectivity index (χ4n) is 2.22. The molecule has 3 nitrogen and oxygen atoms in total. The van der Waals surface area contributed by atoms with Gasteiger partial charge in [0.25, 0.3) is 0 Å². The first-order chi connectivity index (χ1) is 8.31. The summed E-state index contributed by atoms with van der Waals surface area (Å²) in [4.78, 5) is 4.75. The predicted molar refractivity (Wildman–Crippen MR) is 71.4 cm³/mol. The molecular weight excluding hydrogens is 210 g/mol. The van der Waals surface area contributed by atoms with Crippen molar-refractivity contribution in [2.45, 2.75) is 13.1 Å². The van der Waals surface area contributed by atoms with Gasteiger partial charge in [-0.3, -0.25) is 4.90 Å². The fourth-order valence-corrected chi connectivity index (χ4v) is 2.22. The van der Waals surface area contributed by atoms with Crippen molar-refractivity contribution in [2.75, 3.05) is 26.2 Å². The van der Waals surface area contributed by atoms with E-state index in [0.717, 1.165) is 32.7 Å². The van der Waals surface area contributed by atoms with Crippen LogP contribution in [0.1, 0.15) is 11.1 Å². The highest BCUT2D eigenvalue weighted by molar-refractivity contribution is 5.23. The van der Waals surface area contributed by atoms with Gasteiger partial charge in [0.2, 0.25) is 0 Å². The third-order valence-corrected chi connectivity index (χ3v) is 3.30. The molecule has 1 aromatic rings. The standard InChI is InChI=1S/C14H21N3/c1-2-16-6-8-17(9-7-16)12-14-5-3-4-13(10-14)11-15/h2-5,10H,1,6-9,11-12,15H2. The Kier molecular flexibility index (Phi) is 4.18. The van der Waals surface area contributed by atoms with Crippen LogP contribution in [0, 0.1) is 0 Å². The summed E-state index contributed by atoms with van der Waals surface area (Å²) >= 11 is 0. The second-order valence-electron chi connectivity index (χ2n) is 4.52. The molecule has 2 rings (SSSR count). The number of piperazine rings is 1. The summed E-state index contributed by atoms with van der Waals surface area (Å²) < 4.78 is 0. The summed E-state index contributed by atoms with van der Waals surface area (Å²) in [5, 5.41) is 0. The third-order valence-electron chi connectivity index (χ3n) is 3.30. The molecule has 92 valence electrons. The quantitative estimate of drug-likeness (QED) is 0.850. The van der Waals surface area contributed by atoms with E-state index in [1.165, 1.54) is 11.1 Å². The van der Waals surface area contributed by atoms with E-state index in [1.807, 2.05) is 6.20 Å². The minimum absolute atomic E-state index is 0.623. The summed E-state index contributed by atoms with van der Waals surface area (Å²) in [6.45, 7) is 9.85. The van der Waals surface area contributed by atoms with Crippen molar-refractivity contribution in [1.82, 2.24) is 9.80 Å². The highest BCUT2D eigenvalue weighted by atomic mass is 15.2. The number of rotatable bonds is 4. The van der Waals surface area contributed by atoms with Gasteiger partial charge in [0.05, 0.1) is 0 Å². The minimum atomic E-state index is 0.623. The van der Waals surface area contributed by atoms with Crippen LogP contribution in [0.4, 0.5) is 0 Å². The average Bonchev–Trinajstić information content (AvgIpc) is 2.40. The lowest BCUT2D eigenvalue weighted by Crippen LogP contribution is -2.43. The molecule has 0 saturated carbocycles. The van der Waals surface area contributed by atoms with Crippen LogP contribution < -0.4 is 5.73 Å². The van der Waals surface area contributed by atoms with Gasteiger partial charge in [0, 0.05) is 39.3 Å². The van der Waals surface area contributed by atoms with Crippen LogP contribution in [0.15, 0.2) is 37.0 Å². The van der Waals surface area contributed by atoms with Gasteiger partial charge in [-0.15, -0.1) is 0 Å². The van der Waals surface area contributed by atoms with Crippen LogP contribution in [0.5, 0.6) is 0 Å². The Bertz CT molecular complexity index is 367. The lowest BCUT2D eigenvalue weighted by Gasteiger charge is -2.33. The van der Waals surface area contributed by atoms with Crippen molar-refractivity contribution >= 4 is 0 Å². The lowest BCUT2D eigenvalue weighted by atomic mass is 10.1. The van der Waals surface area contributed by atoms with E-state index in [1.54, 1.807) is 0 Å². The monoisotopic (exact) mass is 231 g/mol. The molecule has 0 aromatic heterocycles. The molecule has 0 radical (unpaired) electrons. The van der Waals surface area contributed by atoms with Gasteiger partial charge in [0.15, 0.2) is 0 Å². The molecule has 1 aromatic carbocycles. The van der Waals surface area contributed by atoms with Gasteiger partial charge < -0.3 is 10.6 Å². The van der Waals surface area contributed by atoms with Crippen LogP contribution >= 0.6 is 0 Å². The molecule has 1 aliphatic heterocycles. The molecular formula is C14H21N3. The van der Waals surface area contributed by atoms with Crippen LogP contribution in [-0.4, -0.2) is 36.0 Å². The Morgan fingerprint density at radius 2 is 1.88 bits per heavy atom. The normalized spacial score (nSPS) is 17.1. The van der Waals surface area contributed by atoms with Crippen LogP contribution in [-0.2, 0) is 13.1 Å². The lowest BCUT2D eigenvalue weighted by molar-refractivity contribution is 0.162. The van der Waals surface area contributed by atoms with Gasteiger partial charge >= 0.3 is 0 Å². The van der Waals surface area contributed by atoms with E-state index in [-0.39, 0.29) is 0 Å². The molecule has 1 heterocycles. The first kappa shape index (κ1) is 12.1. The summed E-state index contributed by atoms with van der Waals surface area (Å²) in [6, 6.07) is 8.57. The second kappa shape index (κ2) is 5.84. The molecule has 2 N–H and O–H groups in total. The van der Waals surface area contributed by atoms with Crippen molar-refractivity contribution in [3.63, 3.8) is 0 Å². The Balaban J connectivity index is 1.90. The van der Waals surface area contributed by atoms with E-state index in [2.05, 4.69) is 40.6 Å². The fraction of sp³-hybridized carbons (Fsp3) is 0.429. The van der Waals surface area contributed by atoms with Gasteiger partial charge in [0.1, 0.15) is 0 Å². The molecule has 1 fully saturated rings. The molecule has 1 aliphatic rings. The molecule has 0 amide bonds. The summed E-state index contributed by atoms with van der Waals surface area (Å²) in [6.07, 6.45) is 1.94. The molecule has 3 heteroatoms. The SMILES string of the molecule is C=CN1CCN(Cc2cccc(CN)c2)CC1. The second-order valence-corrected chi connectivity index (χ2v) is 4.52. The van der Waals surface area contributed by atoms with E-state index in [9.17, 15) is 0 Å². The van der Waals surface area contributed by atoms with E-state index < -0.39 is 0 Å². The highest BCUT2D eigenvalue weighted by Gasteiger charge is 2.13. The Hall–Kier alpha value is -1.32. The van der Waals surface area contributed by atoms with Crippen LogP contribution in [0.25, 0.3) is 0 Å². The molecule has 0 atom stereocenters. The zero-order valence-corrected chi connectivity index (χ0v) is 10.3. The van der Waals surface area contributed by atoms with Crippen molar-refractivity contribution in [3.8, 4) is 0 Å². The van der Waals surface area contributed by atoms with Gasteiger partial charge in [-0.2, -0.15) is 0 Å². The molecule has 17 heavy (non-hydrogen) atoms. The maximum Gasteiger partial charge on any atom is 0.0300 e. The summed E-state index contributed by atoms with van der Waals surface area (Å²) in [7, 11) is 0. The van der Waals surface area contributed by atoms with Crippen molar-refractivity contribution < 1.29 is 0 Å². The molecule has 0 spiro atoms.